The molecule has 2 aromatic rings. The van der Waals surface area contributed by atoms with Gasteiger partial charge in [-0.25, -0.2) is 4.98 Å². The number of anilines is 2. The number of nitrogens with zero attached hydrogens (tertiary/aromatic N) is 1. The van der Waals surface area contributed by atoms with Gasteiger partial charge in [0.15, 0.2) is 0 Å². The van der Waals surface area contributed by atoms with Crippen molar-refractivity contribution in [2.24, 2.45) is 0 Å². The molecule has 7 heteroatoms. The molecule has 0 bridgehead atoms. The largest absolute Gasteiger partial charge is 0.397 e. The second kappa shape index (κ2) is 5.65. The van der Waals surface area contributed by atoms with Gasteiger partial charge in [-0.15, -0.1) is 0 Å². The fourth-order valence-corrected chi connectivity index (χ4v) is 1.94. The molecule has 19 heavy (non-hydrogen) atoms. The minimum absolute atomic E-state index is 0.219. The first-order chi connectivity index (χ1) is 8.97. The van der Waals surface area contributed by atoms with Crippen LogP contribution in [0.25, 0.3) is 0 Å². The maximum Gasteiger partial charge on any atom is 0.274 e. The first-order valence-corrected chi connectivity index (χ1v) is 6.28. The van der Waals surface area contributed by atoms with E-state index in [1.165, 1.54) is 24.4 Å². The summed E-state index contributed by atoms with van der Waals surface area (Å²) in [5.41, 5.74) is 6.55. The van der Waals surface area contributed by atoms with E-state index in [9.17, 15) is 4.79 Å². The van der Waals surface area contributed by atoms with Crippen LogP contribution in [0.3, 0.4) is 0 Å². The van der Waals surface area contributed by atoms with Crippen molar-refractivity contribution < 1.29 is 4.79 Å². The maximum absolute atomic E-state index is 11.9. The lowest BCUT2D eigenvalue weighted by Crippen LogP contribution is -2.14. The molecule has 4 nitrogen and oxygen atoms in total. The van der Waals surface area contributed by atoms with E-state index in [0.717, 1.165) is 0 Å². The van der Waals surface area contributed by atoms with E-state index in [1.807, 2.05) is 0 Å². The fraction of sp³-hybridized carbons (Fsp3) is 0. The minimum atomic E-state index is -0.416. The second-order valence-electron chi connectivity index (χ2n) is 3.68. The predicted octanol–water partition coefficient (Wildman–Crippen LogP) is 3.88. The van der Waals surface area contributed by atoms with Crippen LogP contribution < -0.4 is 11.1 Å². The van der Waals surface area contributed by atoms with E-state index in [2.05, 4.69) is 10.3 Å². The summed E-state index contributed by atoms with van der Waals surface area (Å²) in [6.07, 6.45) is 1.39. The van der Waals surface area contributed by atoms with Crippen molar-refractivity contribution in [3.63, 3.8) is 0 Å². The molecule has 0 fully saturated rings. The Morgan fingerprint density at radius 2 is 1.79 bits per heavy atom. The minimum Gasteiger partial charge on any atom is -0.397 e. The van der Waals surface area contributed by atoms with Crippen LogP contribution in [0.2, 0.25) is 15.1 Å². The summed E-state index contributed by atoms with van der Waals surface area (Å²) in [4.78, 5) is 15.8. The van der Waals surface area contributed by atoms with Gasteiger partial charge >= 0.3 is 0 Å². The summed E-state index contributed by atoms with van der Waals surface area (Å²) in [7, 11) is 0. The van der Waals surface area contributed by atoms with Crippen LogP contribution >= 0.6 is 34.8 Å². The zero-order valence-electron chi connectivity index (χ0n) is 9.45. The summed E-state index contributed by atoms with van der Waals surface area (Å²) in [6.45, 7) is 0. The quantitative estimate of drug-likeness (QED) is 0.826. The third-order valence-corrected chi connectivity index (χ3v) is 3.31. The van der Waals surface area contributed by atoms with Crippen LogP contribution in [-0.4, -0.2) is 10.9 Å². The highest BCUT2D eigenvalue weighted by molar-refractivity contribution is 6.44. The maximum atomic E-state index is 11.9. The molecule has 0 aliphatic rings. The van der Waals surface area contributed by atoms with Crippen LogP contribution in [0.4, 0.5) is 11.4 Å². The first-order valence-electron chi connectivity index (χ1n) is 5.15. The number of pyridine rings is 1. The number of aromatic nitrogens is 1. The number of nitrogens with two attached hydrogens (primary N) is 1. The van der Waals surface area contributed by atoms with E-state index in [0.29, 0.717) is 21.4 Å². The SMILES string of the molecule is Nc1ccc(C(=O)Nc2cc(Cl)c(Cl)cc2Cl)nc1. The van der Waals surface area contributed by atoms with Crippen molar-refractivity contribution in [2.75, 3.05) is 11.1 Å². The lowest BCUT2D eigenvalue weighted by atomic mass is 10.3. The Kier molecular flexibility index (Phi) is 4.14. The predicted molar refractivity (Wildman–Crippen MR) is 78.1 cm³/mol. The Morgan fingerprint density at radius 3 is 2.42 bits per heavy atom. The van der Waals surface area contributed by atoms with Crippen LogP contribution in [0.5, 0.6) is 0 Å². The Bertz CT molecular complexity index is 629. The molecule has 0 saturated heterocycles. The van der Waals surface area contributed by atoms with Gasteiger partial charge in [-0.05, 0) is 24.3 Å². The number of carbonyl (C=O) groups is 1. The van der Waals surface area contributed by atoms with Crippen molar-refractivity contribution in [2.45, 2.75) is 0 Å². The van der Waals surface area contributed by atoms with Crippen molar-refractivity contribution in [3.05, 3.63) is 51.2 Å². The van der Waals surface area contributed by atoms with Gasteiger partial charge in [-0.3, -0.25) is 4.79 Å². The molecule has 0 saturated carbocycles. The first kappa shape index (κ1) is 13.9. The Labute approximate surface area is 124 Å². The van der Waals surface area contributed by atoms with Crippen molar-refractivity contribution in [1.29, 1.82) is 0 Å². The number of nitrogen functional groups attached to an aromatic ring is 1. The van der Waals surface area contributed by atoms with Gasteiger partial charge in [0.25, 0.3) is 5.91 Å². The third-order valence-electron chi connectivity index (χ3n) is 2.28. The van der Waals surface area contributed by atoms with Crippen LogP contribution in [0.15, 0.2) is 30.5 Å². The molecule has 0 unspecified atom stereocenters. The van der Waals surface area contributed by atoms with E-state index < -0.39 is 5.91 Å². The van der Waals surface area contributed by atoms with Crippen molar-refractivity contribution in [1.82, 2.24) is 4.98 Å². The van der Waals surface area contributed by atoms with Crippen LogP contribution in [0.1, 0.15) is 10.5 Å². The standard InChI is InChI=1S/C12H8Cl3N3O/c13-7-3-9(15)11(4-8(7)14)18-12(19)10-2-1-6(16)5-17-10/h1-5H,16H2,(H,18,19). The molecule has 1 heterocycles. The van der Waals surface area contributed by atoms with Gasteiger partial charge in [0.05, 0.1) is 32.6 Å². The molecule has 0 atom stereocenters. The molecule has 1 aromatic heterocycles. The average Bonchev–Trinajstić information content (AvgIpc) is 2.36. The Hall–Kier alpha value is -1.49. The zero-order chi connectivity index (χ0) is 14.0. The lowest BCUT2D eigenvalue weighted by molar-refractivity contribution is 0.102. The smallest absolute Gasteiger partial charge is 0.274 e. The van der Waals surface area contributed by atoms with E-state index in [1.54, 1.807) is 6.07 Å². The molecule has 0 radical (unpaired) electrons. The van der Waals surface area contributed by atoms with Crippen LogP contribution in [-0.2, 0) is 0 Å². The third kappa shape index (κ3) is 3.29. The number of nitrogens with one attached hydrogen (secondary N) is 1. The number of hydrogen-bond donors (Lipinski definition) is 2. The fourth-order valence-electron chi connectivity index (χ4n) is 1.34. The number of hydrogen-bond acceptors (Lipinski definition) is 3. The monoisotopic (exact) mass is 315 g/mol. The number of benzene rings is 1. The molecule has 98 valence electrons. The van der Waals surface area contributed by atoms with Gasteiger partial charge in [0.2, 0.25) is 0 Å². The summed E-state index contributed by atoms with van der Waals surface area (Å²) in [5, 5.41) is 3.50. The van der Waals surface area contributed by atoms with E-state index in [4.69, 9.17) is 40.5 Å². The van der Waals surface area contributed by atoms with Crippen molar-refractivity contribution >= 4 is 52.1 Å². The molecular weight excluding hydrogens is 309 g/mol. The Morgan fingerprint density at radius 1 is 1.11 bits per heavy atom. The lowest BCUT2D eigenvalue weighted by Gasteiger charge is -2.08. The molecule has 0 aliphatic carbocycles. The van der Waals surface area contributed by atoms with Gasteiger partial charge in [0.1, 0.15) is 5.69 Å². The van der Waals surface area contributed by atoms with Gasteiger partial charge < -0.3 is 11.1 Å². The van der Waals surface area contributed by atoms with Crippen LogP contribution in [0, 0.1) is 0 Å². The molecule has 3 N–H and O–H groups in total. The summed E-state index contributed by atoms with van der Waals surface area (Å²) < 4.78 is 0. The number of halogens is 3. The number of carbonyl (C=O) groups excluding carboxylic acids is 1. The summed E-state index contributed by atoms with van der Waals surface area (Å²) in [5.74, 6) is -0.416. The van der Waals surface area contributed by atoms with Gasteiger partial charge in [0, 0.05) is 0 Å². The van der Waals surface area contributed by atoms with Crippen molar-refractivity contribution in [3.8, 4) is 0 Å². The van der Waals surface area contributed by atoms with Gasteiger partial charge in [-0.2, -0.15) is 0 Å². The second-order valence-corrected chi connectivity index (χ2v) is 4.90. The highest BCUT2D eigenvalue weighted by Gasteiger charge is 2.11. The van der Waals surface area contributed by atoms with E-state index in [-0.39, 0.29) is 10.7 Å². The molecule has 1 amide bonds. The topological polar surface area (TPSA) is 68.0 Å². The van der Waals surface area contributed by atoms with E-state index >= 15 is 0 Å². The number of rotatable bonds is 2. The molecule has 1 aromatic carbocycles. The normalized spacial score (nSPS) is 10.3. The molecule has 0 spiro atoms. The average molecular weight is 317 g/mol. The molecular formula is C12H8Cl3N3O. The number of amides is 1. The zero-order valence-corrected chi connectivity index (χ0v) is 11.7. The van der Waals surface area contributed by atoms with Gasteiger partial charge in [-0.1, -0.05) is 34.8 Å². The summed E-state index contributed by atoms with van der Waals surface area (Å²) in [6, 6.07) is 6.02. The molecule has 0 aliphatic heterocycles. The summed E-state index contributed by atoms with van der Waals surface area (Å²) >= 11 is 17.6. The highest BCUT2D eigenvalue weighted by atomic mass is 35.5. The Balaban J connectivity index is 2.24. The molecule has 2 rings (SSSR count). The highest BCUT2D eigenvalue weighted by Crippen LogP contribution is 2.32.